The fourth-order valence-corrected chi connectivity index (χ4v) is 4.56. The van der Waals surface area contributed by atoms with Crippen molar-refractivity contribution in [3.05, 3.63) is 22.3 Å². The van der Waals surface area contributed by atoms with Crippen LogP contribution >= 0.6 is 11.3 Å². The largest absolute Gasteiger partial charge is 0.339 e. The molecule has 0 bridgehead atoms. The molecule has 7 heteroatoms. The molecule has 3 heterocycles. The number of fused-ring (bicyclic) bond motifs is 1. The van der Waals surface area contributed by atoms with Gasteiger partial charge in [-0.1, -0.05) is 0 Å². The van der Waals surface area contributed by atoms with Crippen molar-refractivity contribution >= 4 is 17.2 Å². The smallest absolute Gasteiger partial charge is 0.257 e. The third-order valence-corrected chi connectivity index (χ3v) is 5.60. The van der Waals surface area contributed by atoms with E-state index in [0.29, 0.717) is 0 Å². The van der Waals surface area contributed by atoms with Gasteiger partial charge in [0.1, 0.15) is 11.3 Å². The molecule has 1 saturated heterocycles. The molecule has 1 fully saturated rings. The number of hydrogen-bond donors (Lipinski definition) is 0. The Morgan fingerprint density at radius 1 is 1.14 bits per heavy atom. The van der Waals surface area contributed by atoms with E-state index in [0.717, 1.165) is 49.3 Å². The van der Waals surface area contributed by atoms with Crippen molar-refractivity contribution in [3.8, 4) is 5.00 Å². The van der Waals surface area contributed by atoms with Crippen molar-refractivity contribution in [2.75, 3.05) is 13.1 Å². The van der Waals surface area contributed by atoms with Crippen LogP contribution in [0.4, 0.5) is 0 Å². The number of hydrogen-bond acceptors (Lipinski definition) is 5. The second kappa shape index (κ2) is 5.22. The maximum Gasteiger partial charge on any atom is 0.257 e. The Labute approximate surface area is 126 Å². The highest BCUT2D eigenvalue weighted by molar-refractivity contribution is 7.15. The lowest BCUT2D eigenvalue weighted by molar-refractivity contribution is 0.0792. The first kappa shape index (κ1) is 12.9. The lowest BCUT2D eigenvalue weighted by atomic mass is 9.95. The topological polar surface area (TPSA) is 63.9 Å². The quantitative estimate of drug-likeness (QED) is 0.849. The SMILES string of the molecule is O=C(c1c(-n2cnnn2)sc2c1CCCC2)N1CCCC1. The third kappa shape index (κ3) is 2.16. The molecule has 1 aliphatic heterocycles. The van der Waals surface area contributed by atoms with Crippen molar-refractivity contribution in [1.82, 2.24) is 25.1 Å². The van der Waals surface area contributed by atoms with Crippen LogP contribution in [0.15, 0.2) is 6.33 Å². The Bertz CT molecular complexity index is 657. The summed E-state index contributed by atoms with van der Waals surface area (Å²) in [5.41, 5.74) is 2.09. The van der Waals surface area contributed by atoms with Crippen LogP contribution in [0.1, 0.15) is 46.5 Å². The zero-order valence-corrected chi connectivity index (χ0v) is 12.6. The van der Waals surface area contributed by atoms with E-state index >= 15 is 0 Å². The van der Waals surface area contributed by atoms with E-state index < -0.39 is 0 Å². The minimum atomic E-state index is 0.164. The van der Waals surface area contributed by atoms with Gasteiger partial charge in [-0.25, -0.2) is 0 Å². The standard InChI is InChI=1S/C14H17N5OS/c20-13(18-7-3-4-8-18)12-10-5-1-2-6-11(10)21-14(12)19-9-15-16-17-19/h9H,1-8H2. The Balaban J connectivity index is 1.82. The van der Waals surface area contributed by atoms with Crippen molar-refractivity contribution in [2.24, 2.45) is 0 Å². The lowest BCUT2D eigenvalue weighted by Crippen LogP contribution is -2.29. The van der Waals surface area contributed by atoms with E-state index in [2.05, 4.69) is 15.5 Å². The minimum absolute atomic E-state index is 0.164. The summed E-state index contributed by atoms with van der Waals surface area (Å²) in [4.78, 5) is 16.3. The number of likely N-dealkylation sites (tertiary alicyclic amines) is 1. The maximum absolute atomic E-state index is 12.9. The highest BCUT2D eigenvalue weighted by Gasteiger charge is 2.30. The molecule has 0 saturated carbocycles. The molecule has 2 aromatic rings. The molecule has 110 valence electrons. The van der Waals surface area contributed by atoms with Crippen LogP contribution < -0.4 is 0 Å². The number of rotatable bonds is 2. The molecule has 4 rings (SSSR count). The first-order valence-corrected chi connectivity index (χ1v) is 8.33. The number of carbonyl (C=O) groups is 1. The Kier molecular flexibility index (Phi) is 3.21. The van der Waals surface area contributed by atoms with Gasteiger partial charge in [0.15, 0.2) is 0 Å². The number of tetrazole rings is 1. The number of amides is 1. The van der Waals surface area contributed by atoms with Gasteiger partial charge in [0.25, 0.3) is 5.91 Å². The van der Waals surface area contributed by atoms with E-state index in [1.165, 1.54) is 23.3 Å². The van der Waals surface area contributed by atoms with Crippen LogP contribution in [0.5, 0.6) is 0 Å². The average Bonchev–Trinajstić information content (AvgIpc) is 3.25. The normalized spacial score (nSPS) is 18.0. The van der Waals surface area contributed by atoms with E-state index in [9.17, 15) is 4.79 Å². The fraction of sp³-hybridized carbons (Fsp3) is 0.571. The van der Waals surface area contributed by atoms with Crippen LogP contribution in [-0.2, 0) is 12.8 Å². The predicted molar refractivity (Wildman–Crippen MR) is 78.8 cm³/mol. The Morgan fingerprint density at radius 2 is 1.95 bits per heavy atom. The van der Waals surface area contributed by atoms with Gasteiger partial charge in [-0.05, 0) is 54.5 Å². The van der Waals surface area contributed by atoms with Crippen LogP contribution in [0.3, 0.4) is 0 Å². The van der Waals surface area contributed by atoms with Gasteiger partial charge >= 0.3 is 0 Å². The number of thiophene rings is 1. The summed E-state index contributed by atoms with van der Waals surface area (Å²) in [6.07, 6.45) is 8.25. The number of carbonyl (C=O) groups excluding carboxylic acids is 1. The van der Waals surface area contributed by atoms with Gasteiger partial charge in [-0.3, -0.25) is 4.79 Å². The lowest BCUT2D eigenvalue weighted by Gasteiger charge is -2.18. The molecular formula is C14H17N5OS. The summed E-state index contributed by atoms with van der Waals surface area (Å²) in [6.45, 7) is 1.75. The second-order valence-electron chi connectivity index (χ2n) is 5.64. The van der Waals surface area contributed by atoms with Gasteiger partial charge in [-0.15, -0.1) is 16.4 Å². The summed E-state index contributed by atoms with van der Waals surface area (Å²) >= 11 is 1.68. The van der Waals surface area contributed by atoms with Crippen LogP contribution in [-0.4, -0.2) is 44.1 Å². The number of nitrogens with zero attached hydrogens (tertiary/aromatic N) is 5. The van der Waals surface area contributed by atoms with Crippen molar-refractivity contribution < 1.29 is 4.79 Å². The Hall–Kier alpha value is -1.76. The molecular weight excluding hydrogens is 286 g/mol. The highest BCUT2D eigenvalue weighted by atomic mass is 32.1. The summed E-state index contributed by atoms with van der Waals surface area (Å²) in [5.74, 6) is 0.164. The fourth-order valence-electron chi connectivity index (χ4n) is 3.27. The summed E-state index contributed by atoms with van der Waals surface area (Å²) < 4.78 is 1.65. The summed E-state index contributed by atoms with van der Waals surface area (Å²) in [5, 5.41) is 12.3. The molecule has 1 aliphatic carbocycles. The second-order valence-corrected chi connectivity index (χ2v) is 6.73. The van der Waals surface area contributed by atoms with Gasteiger partial charge in [0, 0.05) is 18.0 Å². The zero-order chi connectivity index (χ0) is 14.2. The van der Waals surface area contributed by atoms with E-state index in [-0.39, 0.29) is 5.91 Å². The maximum atomic E-state index is 12.9. The van der Waals surface area contributed by atoms with Crippen LogP contribution in [0.25, 0.3) is 5.00 Å². The molecule has 0 unspecified atom stereocenters. The molecule has 0 aromatic carbocycles. The van der Waals surface area contributed by atoms with Crippen LogP contribution in [0, 0.1) is 0 Å². The molecule has 21 heavy (non-hydrogen) atoms. The van der Waals surface area contributed by atoms with E-state index in [4.69, 9.17) is 0 Å². The Morgan fingerprint density at radius 3 is 2.71 bits per heavy atom. The highest BCUT2D eigenvalue weighted by Crippen LogP contribution is 2.37. The molecule has 2 aromatic heterocycles. The van der Waals surface area contributed by atoms with Crippen molar-refractivity contribution in [3.63, 3.8) is 0 Å². The van der Waals surface area contributed by atoms with Crippen molar-refractivity contribution in [1.29, 1.82) is 0 Å². The minimum Gasteiger partial charge on any atom is -0.339 e. The first-order chi connectivity index (χ1) is 10.3. The summed E-state index contributed by atoms with van der Waals surface area (Å²) in [6, 6.07) is 0. The van der Waals surface area contributed by atoms with Crippen LogP contribution in [0.2, 0.25) is 0 Å². The van der Waals surface area contributed by atoms with Gasteiger partial charge < -0.3 is 4.90 Å². The zero-order valence-electron chi connectivity index (χ0n) is 11.8. The molecule has 0 N–H and O–H groups in total. The number of aryl methyl sites for hydroxylation is 1. The molecule has 0 spiro atoms. The molecule has 2 aliphatic rings. The first-order valence-electron chi connectivity index (χ1n) is 7.52. The average molecular weight is 303 g/mol. The third-order valence-electron chi connectivity index (χ3n) is 4.32. The van der Waals surface area contributed by atoms with Gasteiger partial charge in [0.2, 0.25) is 0 Å². The molecule has 0 radical (unpaired) electrons. The van der Waals surface area contributed by atoms with E-state index in [1.807, 2.05) is 4.90 Å². The molecule has 1 amide bonds. The van der Waals surface area contributed by atoms with E-state index in [1.54, 1.807) is 22.3 Å². The molecule has 6 nitrogen and oxygen atoms in total. The number of aromatic nitrogens is 4. The van der Waals surface area contributed by atoms with Gasteiger partial charge in [0.05, 0.1) is 5.56 Å². The monoisotopic (exact) mass is 303 g/mol. The van der Waals surface area contributed by atoms with Gasteiger partial charge in [-0.2, -0.15) is 4.68 Å². The molecule has 0 atom stereocenters. The predicted octanol–water partition coefficient (Wildman–Crippen LogP) is 1.84. The van der Waals surface area contributed by atoms with Crippen molar-refractivity contribution in [2.45, 2.75) is 38.5 Å². The summed E-state index contributed by atoms with van der Waals surface area (Å²) in [7, 11) is 0.